The van der Waals surface area contributed by atoms with E-state index in [1.807, 2.05) is 42.3 Å². The monoisotopic (exact) mass is 381 g/mol. The number of para-hydroxylation sites is 1. The topological polar surface area (TPSA) is 45.2 Å². The van der Waals surface area contributed by atoms with E-state index in [4.69, 9.17) is 0 Å². The maximum Gasteiger partial charge on any atom is 0.227 e. The molecule has 0 saturated carbocycles. The highest BCUT2D eigenvalue weighted by atomic mass is 35.5. The summed E-state index contributed by atoms with van der Waals surface area (Å²) < 4.78 is 0. The average molecular weight is 382 g/mol. The zero-order chi connectivity index (χ0) is 15.8. The van der Waals surface area contributed by atoms with Gasteiger partial charge in [0.15, 0.2) is 0 Å². The van der Waals surface area contributed by atoms with Crippen molar-refractivity contribution < 1.29 is 4.79 Å². The van der Waals surface area contributed by atoms with E-state index in [-0.39, 0.29) is 30.7 Å². The molecule has 1 aromatic heterocycles. The summed E-state index contributed by atoms with van der Waals surface area (Å²) in [6, 6.07) is 11.6. The Morgan fingerprint density at radius 1 is 1.16 bits per heavy atom. The van der Waals surface area contributed by atoms with Crippen LogP contribution >= 0.6 is 24.8 Å². The summed E-state index contributed by atoms with van der Waals surface area (Å²) in [6.07, 6.45) is 6.93. The molecule has 1 amide bonds. The molecule has 4 rings (SSSR count). The number of nitrogens with zero attached hydrogens (tertiary/aromatic N) is 2. The van der Waals surface area contributed by atoms with Gasteiger partial charge in [-0.1, -0.05) is 24.3 Å². The first-order valence-electron chi connectivity index (χ1n) is 8.55. The Morgan fingerprint density at radius 3 is 2.56 bits per heavy atom. The Kier molecular flexibility index (Phi) is 6.66. The molecule has 1 aromatic carbocycles. The standard InChI is InChI=1S/C19H23N3O.2ClH/c1-22(17-11-15-7-8-16(12-17)21-15)18(23)10-14-5-2-4-13-6-3-9-20-19(13)14;;/h2-6,9,15-17,21H,7-8,10-12H2,1H3;2*1H. The highest BCUT2D eigenvalue weighted by molar-refractivity contribution is 5.87. The Bertz CT molecular complexity index is 722. The molecule has 1 N–H and O–H groups in total. The lowest BCUT2D eigenvalue weighted by Crippen LogP contribution is -2.49. The molecule has 0 aliphatic carbocycles. The van der Waals surface area contributed by atoms with E-state index in [1.54, 1.807) is 6.20 Å². The van der Waals surface area contributed by atoms with Gasteiger partial charge in [-0.15, -0.1) is 24.8 Å². The minimum absolute atomic E-state index is 0. The van der Waals surface area contributed by atoms with Gasteiger partial charge in [0.2, 0.25) is 5.91 Å². The maximum absolute atomic E-state index is 12.8. The molecule has 2 aliphatic heterocycles. The number of nitrogens with one attached hydrogen (secondary N) is 1. The number of amides is 1. The first kappa shape index (κ1) is 20.0. The van der Waals surface area contributed by atoms with Gasteiger partial charge in [0, 0.05) is 36.8 Å². The fraction of sp³-hybridized carbons (Fsp3) is 0.474. The molecule has 25 heavy (non-hydrogen) atoms. The van der Waals surface area contributed by atoms with E-state index < -0.39 is 0 Å². The van der Waals surface area contributed by atoms with Crippen LogP contribution in [0, 0.1) is 0 Å². The van der Waals surface area contributed by atoms with Gasteiger partial charge < -0.3 is 10.2 Å². The van der Waals surface area contributed by atoms with Crippen LogP contribution in [0.3, 0.4) is 0 Å². The highest BCUT2D eigenvalue weighted by Crippen LogP contribution is 2.29. The molecule has 6 heteroatoms. The molecule has 2 aromatic rings. The minimum atomic E-state index is 0. The Labute approximate surface area is 161 Å². The number of likely N-dealkylation sites (N-methyl/N-ethyl adjacent to an activating group) is 1. The number of carbonyl (C=O) groups is 1. The Morgan fingerprint density at radius 2 is 1.84 bits per heavy atom. The maximum atomic E-state index is 12.8. The van der Waals surface area contributed by atoms with Crippen LogP contribution in [0.15, 0.2) is 36.5 Å². The number of aromatic nitrogens is 1. The molecule has 2 aliphatic rings. The molecule has 3 heterocycles. The second-order valence-electron chi connectivity index (χ2n) is 6.94. The highest BCUT2D eigenvalue weighted by Gasteiger charge is 2.36. The van der Waals surface area contributed by atoms with E-state index in [0.29, 0.717) is 24.5 Å². The smallest absolute Gasteiger partial charge is 0.227 e. The van der Waals surface area contributed by atoms with Crippen molar-refractivity contribution in [2.45, 2.75) is 50.2 Å². The molecule has 2 atom stereocenters. The van der Waals surface area contributed by atoms with Crippen molar-refractivity contribution in [3.63, 3.8) is 0 Å². The number of pyridine rings is 1. The summed E-state index contributed by atoms with van der Waals surface area (Å²) in [4.78, 5) is 19.2. The number of hydrogen-bond donors (Lipinski definition) is 1. The number of rotatable bonds is 3. The normalized spacial score (nSPS) is 24.3. The van der Waals surface area contributed by atoms with Crippen LogP contribution in [0.1, 0.15) is 31.2 Å². The van der Waals surface area contributed by atoms with Gasteiger partial charge in [-0.2, -0.15) is 0 Å². The number of carbonyl (C=O) groups excluding carboxylic acids is 1. The number of halogens is 2. The van der Waals surface area contributed by atoms with E-state index in [2.05, 4.69) is 10.3 Å². The first-order valence-corrected chi connectivity index (χ1v) is 8.55. The SMILES string of the molecule is CN(C(=O)Cc1cccc2cccnc12)C1CC2CCC(C1)N2.Cl.Cl. The minimum Gasteiger partial charge on any atom is -0.342 e. The van der Waals surface area contributed by atoms with Crippen molar-refractivity contribution in [2.24, 2.45) is 0 Å². The lowest BCUT2D eigenvalue weighted by molar-refractivity contribution is -0.131. The van der Waals surface area contributed by atoms with Gasteiger partial charge in [-0.25, -0.2) is 0 Å². The molecule has 2 unspecified atom stereocenters. The summed E-state index contributed by atoms with van der Waals surface area (Å²) >= 11 is 0. The Hall–Kier alpha value is -1.36. The van der Waals surface area contributed by atoms with Crippen molar-refractivity contribution in [1.29, 1.82) is 0 Å². The second-order valence-corrected chi connectivity index (χ2v) is 6.94. The summed E-state index contributed by atoms with van der Waals surface area (Å²) in [5.74, 6) is 0.203. The van der Waals surface area contributed by atoms with Gasteiger partial charge in [0.1, 0.15) is 0 Å². The van der Waals surface area contributed by atoms with E-state index in [1.165, 1.54) is 12.8 Å². The number of benzene rings is 1. The van der Waals surface area contributed by atoms with Crippen molar-refractivity contribution in [3.05, 3.63) is 42.1 Å². The fourth-order valence-corrected chi connectivity index (χ4v) is 4.14. The molecular formula is C19H25Cl2N3O. The number of piperidine rings is 1. The predicted octanol–water partition coefficient (Wildman–Crippen LogP) is 3.36. The number of fused-ring (bicyclic) bond motifs is 3. The zero-order valence-electron chi connectivity index (χ0n) is 14.4. The molecule has 136 valence electrons. The summed E-state index contributed by atoms with van der Waals surface area (Å²) in [7, 11) is 1.97. The van der Waals surface area contributed by atoms with Crippen LogP contribution in [0.25, 0.3) is 10.9 Å². The lowest BCUT2D eigenvalue weighted by Gasteiger charge is -2.35. The van der Waals surface area contributed by atoms with Crippen LogP contribution in [0.4, 0.5) is 0 Å². The van der Waals surface area contributed by atoms with Crippen molar-refractivity contribution in [3.8, 4) is 0 Å². The van der Waals surface area contributed by atoms with Crippen LogP contribution < -0.4 is 5.32 Å². The Balaban J connectivity index is 0.00000113. The first-order chi connectivity index (χ1) is 11.2. The van der Waals surface area contributed by atoms with Crippen molar-refractivity contribution in [2.75, 3.05) is 7.05 Å². The van der Waals surface area contributed by atoms with Crippen LogP contribution in [-0.2, 0) is 11.2 Å². The third-order valence-corrected chi connectivity index (χ3v) is 5.45. The van der Waals surface area contributed by atoms with Gasteiger partial charge >= 0.3 is 0 Å². The molecule has 0 radical (unpaired) electrons. The van der Waals surface area contributed by atoms with Crippen LogP contribution in [-0.4, -0.2) is 41.0 Å². The number of hydrogen-bond acceptors (Lipinski definition) is 3. The largest absolute Gasteiger partial charge is 0.342 e. The van der Waals surface area contributed by atoms with Crippen LogP contribution in [0.2, 0.25) is 0 Å². The van der Waals surface area contributed by atoms with Crippen molar-refractivity contribution in [1.82, 2.24) is 15.2 Å². The van der Waals surface area contributed by atoms with E-state index >= 15 is 0 Å². The molecule has 2 saturated heterocycles. The van der Waals surface area contributed by atoms with Gasteiger partial charge in [-0.05, 0) is 37.3 Å². The molecule has 0 spiro atoms. The third-order valence-electron chi connectivity index (χ3n) is 5.45. The molecular weight excluding hydrogens is 357 g/mol. The predicted molar refractivity (Wildman–Crippen MR) is 106 cm³/mol. The molecule has 4 nitrogen and oxygen atoms in total. The summed E-state index contributed by atoms with van der Waals surface area (Å²) in [6.45, 7) is 0. The fourth-order valence-electron chi connectivity index (χ4n) is 4.14. The van der Waals surface area contributed by atoms with Gasteiger partial charge in [0.05, 0.1) is 11.9 Å². The molecule has 2 fully saturated rings. The summed E-state index contributed by atoms with van der Waals surface area (Å²) in [5.41, 5.74) is 1.97. The third kappa shape index (κ3) is 4.08. The zero-order valence-corrected chi connectivity index (χ0v) is 16.0. The quantitative estimate of drug-likeness (QED) is 0.886. The lowest BCUT2D eigenvalue weighted by atomic mass is 9.97. The summed E-state index contributed by atoms with van der Waals surface area (Å²) in [5, 5.41) is 4.74. The van der Waals surface area contributed by atoms with E-state index in [0.717, 1.165) is 29.3 Å². The van der Waals surface area contributed by atoms with Crippen molar-refractivity contribution >= 4 is 41.6 Å². The van der Waals surface area contributed by atoms with Gasteiger partial charge in [0.25, 0.3) is 0 Å². The molecule has 2 bridgehead atoms. The van der Waals surface area contributed by atoms with E-state index in [9.17, 15) is 4.79 Å². The second kappa shape index (κ2) is 8.35. The average Bonchev–Trinajstić information content (AvgIpc) is 2.92. The van der Waals surface area contributed by atoms with Crippen LogP contribution in [0.5, 0.6) is 0 Å². The van der Waals surface area contributed by atoms with Gasteiger partial charge in [-0.3, -0.25) is 9.78 Å².